The molecule has 4 heterocycles. The zero-order chi connectivity index (χ0) is 33.1. The largest absolute Gasteiger partial charge is 0.404 e. The monoisotopic (exact) mass is 657 g/mol. The molecule has 3 N–H and O–H groups in total. The van der Waals surface area contributed by atoms with Gasteiger partial charge in [-0.1, -0.05) is 6.07 Å². The summed E-state index contributed by atoms with van der Waals surface area (Å²) in [7, 11) is 0. The Morgan fingerprint density at radius 2 is 1.73 bits per heavy atom. The van der Waals surface area contributed by atoms with Crippen molar-refractivity contribution in [3.05, 3.63) is 34.7 Å². The third kappa shape index (κ3) is 5.95. The molecular weight excluding hydrogens is 625 g/mol. The highest BCUT2D eigenvalue weighted by Crippen LogP contribution is 2.46. The van der Waals surface area contributed by atoms with Crippen molar-refractivity contribution in [1.82, 2.24) is 20.0 Å². The van der Waals surface area contributed by atoms with Crippen molar-refractivity contribution in [2.45, 2.75) is 69.8 Å². The lowest BCUT2D eigenvalue weighted by Gasteiger charge is -2.39. The van der Waals surface area contributed by atoms with Crippen LogP contribution in [-0.4, -0.2) is 94.7 Å². The highest BCUT2D eigenvalue weighted by Gasteiger charge is 2.63. The van der Waals surface area contributed by atoms with E-state index in [0.29, 0.717) is 22.9 Å². The number of hydrogen-bond donors (Lipinski definition) is 2. The van der Waals surface area contributed by atoms with E-state index < -0.39 is 72.2 Å². The molecule has 1 aromatic carbocycles. The van der Waals surface area contributed by atoms with Gasteiger partial charge in [0.25, 0.3) is 11.8 Å². The molecule has 0 bridgehead atoms. The second kappa shape index (κ2) is 11.5. The molecule has 3 aliphatic heterocycles. The number of primary amides is 1. The molecule has 10 nitrogen and oxygen atoms in total. The standard InChI is InChI=1S/C29H32F5N5O5S/c1-15(40)37-9-7-18-4-5-20(25(43)38-10-8-28(14-38,26(35)44)29(32,33)34)39(18)24(42)19(13-37)36-23(41)22-12-16-11-17(27(2,30)31)3-6-21(16)45-22/h3,6,11-12,18-20H,4-5,7-10,13-14H2,1-2H3,(H2,35,44)(H,36,41)/t18-,19+,20+,28?/m1/s1. The number of likely N-dealkylation sites (tertiary alicyclic amines) is 1. The first-order chi connectivity index (χ1) is 20.9. The highest BCUT2D eigenvalue weighted by atomic mass is 32.1. The summed E-state index contributed by atoms with van der Waals surface area (Å²) in [5, 5.41) is 3.04. The maximum Gasteiger partial charge on any atom is 0.404 e. The molecule has 4 atom stereocenters. The van der Waals surface area contributed by atoms with Gasteiger partial charge in [0.15, 0.2) is 5.41 Å². The van der Waals surface area contributed by atoms with E-state index in [4.69, 9.17) is 5.73 Å². The number of halogens is 5. The second-order valence-corrected chi connectivity index (χ2v) is 13.1. The maximum atomic E-state index is 14.0. The summed E-state index contributed by atoms with van der Waals surface area (Å²) in [6, 6.07) is 2.45. The Kier molecular flexibility index (Phi) is 8.34. The Morgan fingerprint density at radius 3 is 2.33 bits per heavy atom. The predicted octanol–water partition coefficient (Wildman–Crippen LogP) is 2.99. The van der Waals surface area contributed by atoms with Crippen LogP contribution in [0.5, 0.6) is 0 Å². The number of nitrogens with zero attached hydrogens (tertiary/aromatic N) is 3. The number of benzene rings is 1. The van der Waals surface area contributed by atoms with E-state index in [1.54, 1.807) is 0 Å². The molecule has 5 rings (SSSR count). The van der Waals surface area contributed by atoms with Crippen LogP contribution in [0.25, 0.3) is 10.1 Å². The van der Waals surface area contributed by atoms with Crippen molar-refractivity contribution in [2.24, 2.45) is 11.1 Å². The van der Waals surface area contributed by atoms with E-state index >= 15 is 0 Å². The third-order valence-electron chi connectivity index (χ3n) is 9.07. The zero-order valence-electron chi connectivity index (χ0n) is 24.5. The summed E-state index contributed by atoms with van der Waals surface area (Å²) in [4.78, 5) is 69.0. The van der Waals surface area contributed by atoms with Gasteiger partial charge in [-0.05, 0) is 49.3 Å². The van der Waals surface area contributed by atoms with Crippen LogP contribution in [0.1, 0.15) is 54.8 Å². The number of carbonyl (C=O) groups excluding carboxylic acids is 5. The number of thiophene rings is 1. The lowest BCUT2D eigenvalue weighted by atomic mass is 9.85. The summed E-state index contributed by atoms with van der Waals surface area (Å²) in [5.74, 6) is -7.14. The van der Waals surface area contributed by atoms with E-state index in [1.165, 1.54) is 41.0 Å². The first-order valence-electron chi connectivity index (χ1n) is 14.4. The van der Waals surface area contributed by atoms with Gasteiger partial charge in [0.1, 0.15) is 12.1 Å². The van der Waals surface area contributed by atoms with E-state index in [1.807, 2.05) is 0 Å². The smallest absolute Gasteiger partial charge is 0.369 e. The average Bonchev–Trinajstić information content (AvgIpc) is 3.68. The zero-order valence-corrected chi connectivity index (χ0v) is 25.3. The lowest BCUT2D eigenvalue weighted by Crippen LogP contribution is -2.61. The number of amides is 5. The Bertz CT molecular complexity index is 1560. The van der Waals surface area contributed by atoms with Gasteiger partial charge in [-0.25, -0.2) is 8.78 Å². The second-order valence-electron chi connectivity index (χ2n) is 12.0. The maximum absolute atomic E-state index is 14.0. The molecular formula is C29H32F5N5O5S. The van der Waals surface area contributed by atoms with Gasteiger partial charge in [-0.2, -0.15) is 13.2 Å². The van der Waals surface area contributed by atoms with E-state index in [0.717, 1.165) is 23.2 Å². The fourth-order valence-corrected chi connectivity index (χ4v) is 7.39. The SMILES string of the molecule is CC(=O)N1CC[C@H]2CC[C@@H](C(=O)N3CCC(C(N)=O)(C(F)(F)F)C3)N2C(=O)[C@@H](NC(=O)c2cc3cc(C(C)(F)F)ccc3s2)C1. The third-order valence-corrected chi connectivity index (χ3v) is 10.2. The summed E-state index contributed by atoms with van der Waals surface area (Å²) < 4.78 is 69.8. The van der Waals surface area contributed by atoms with Crippen molar-refractivity contribution in [3.8, 4) is 0 Å². The number of nitrogens with two attached hydrogens (primary N) is 1. The van der Waals surface area contributed by atoms with Gasteiger partial charge < -0.3 is 25.8 Å². The minimum absolute atomic E-state index is 0.128. The number of nitrogens with one attached hydrogen (secondary N) is 1. The highest BCUT2D eigenvalue weighted by molar-refractivity contribution is 7.20. The van der Waals surface area contributed by atoms with Gasteiger partial charge in [0, 0.05) is 56.3 Å². The summed E-state index contributed by atoms with van der Waals surface area (Å²) >= 11 is 1.02. The van der Waals surface area contributed by atoms with Crippen LogP contribution < -0.4 is 11.1 Å². The molecule has 0 aliphatic carbocycles. The normalized spacial score (nSPS) is 26.1. The van der Waals surface area contributed by atoms with Crippen molar-refractivity contribution >= 4 is 51.0 Å². The number of fused-ring (bicyclic) bond motifs is 2. The Hall–Kier alpha value is -3.82. The van der Waals surface area contributed by atoms with Crippen molar-refractivity contribution in [1.29, 1.82) is 0 Å². The fourth-order valence-electron chi connectivity index (χ4n) is 6.45. The predicted molar refractivity (Wildman–Crippen MR) is 152 cm³/mol. The first kappa shape index (κ1) is 32.6. The minimum Gasteiger partial charge on any atom is -0.369 e. The minimum atomic E-state index is -4.97. The Labute approximate surface area is 258 Å². The molecule has 244 valence electrons. The lowest BCUT2D eigenvalue weighted by molar-refractivity contribution is -0.216. The van der Waals surface area contributed by atoms with Crippen LogP contribution in [0.2, 0.25) is 0 Å². The fraction of sp³-hybridized carbons (Fsp3) is 0.552. The number of carbonyl (C=O) groups is 5. The van der Waals surface area contributed by atoms with Gasteiger partial charge in [0.2, 0.25) is 23.6 Å². The molecule has 0 saturated carbocycles. The average molecular weight is 658 g/mol. The molecule has 3 aliphatic rings. The number of alkyl halides is 5. The van der Waals surface area contributed by atoms with Crippen molar-refractivity contribution in [3.63, 3.8) is 0 Å². The molecule has 16 heteroatoms. The number of hydrogen-bond acceptors (Lipinski definition) is 6. The van der Waals surface area contributed by atoms with Gasteiger partial charge in [0.05, 0.1) is 4.88 Å². The molecule has 1 aromatic heterocycles. The molecule has 2 aromatic rings. The van der Waals surface area contributed by atoms with Gasteiger partial charge in [-0.3, -0.25) is 24.0 Å². The first-order valence-corrected chi connectivity index (χ1v) is 15.2. The molecule has 5 amide bonds. The van der Waals surface area contributed by atoms with Gasteiger partial charge in [-0.15, -0.1) is 11.3 Å². The molecule has 3 saturated heterocycles. The summed E-state index contributed by atoms with van der Waals surface area (Å²) in [6.45, 7) is 0.729. The van der Waals surface area contributed by atoms with Crippen LogP contribution in [0.4, 0.5) is 22.0 Å². The molecule has 0 radical (unpaired) electrons. The van der Waals surface area contributed by atoms with Crippen LogP contribution in [-0.2, 0) is 25.1 Å². The Balaban J connectivity index is 1.40. The van der Waals surface area contributed by atoms with Crippen molar-refractivity contribution in [2.75, 3.05) is 26.2 Å². The topological polar surface area (TPSA) is 133 Å². The molecule has 3 fully saturated rings. The van der Waals surface area contributed by atoms with E-state index in [-0.39, 0.29) is 42.4 Å². The number of rotatable bonds is 5. The van der Waals surface area contributed by atoms with Crippen LogP contribution >= 0.6 is 11.3 Å². The summed E-state index contributed by atoms with van der Waals surface area (Å²) in [6.07, 6.45) is -4.88. The van der Waals surface area contributed by atoms with Crippen LogP contribution in [0, 0.1) is 5.41 Å². The van der Waals surface area contributed by atoms with Gasteiger partial charge >= 0.3 is 6.18 Å². The Morgan fingerprint density at radius 1 is 1.02 bits per heavy atom. The quantitative estimate of drug-likeness (QED) is 0.478. The van der Waals surface area contributed by atoms with Crippen molar-refractivity contribution < 1.29 is 45.9 Å². The van der Waals surface area contributed by atoms with E-state index in [2.05, 4.69) is 5.32 Å². The summed E-state index contributed by atoms with van der Waals surface area (Å²) in [5.41, 5.74) is 2.01. The molecule has 1 unspecified atom stereocenters. The van der Waals surface area contributed by atoms with Crippen LogP contribution in [0.15, 0.2) is 24.3 Å². The van der Waals surface area contributed by atoms with E-state index in [9.17, 15) is 45.9 Å². The molecule has 0 spiro atoms. The molecule has 45 heavy (non-hydrogen) atoms. The van der Waals surface area contributed by atoms with Crippen LogP contribution in [0.3, 0.4) is 0 Å².